The third kappa shape index (κ3) is 3.66. The minimum Gasteiger partial charge on any atom is -0.481 e. The summed E-state index contributed by atoms with van der Waals surface area (Å²) in [6.45, 7) is 1.59. The van der Waals surface area contributed by atoms with E-state index in [1.165, 1.54) is 0 Å². The Labute approximate surface area is 144 Å². The molecule has 3 aromatic rings. The maximum absolute atomic E-state index is 10.7. The van der Waals surface area contributed by atoms with E-state index in [1.54, 1.807) is 6.07 Å². The molecule has 1 heterocycles. The highest BCUT2D eigenvalue weighted by molar-refractivity contribution is 6.30. The molecule has 0 bridgehead atoms. The lowest BCUT2D eigenvalue weighted by Crippen LogP contribution is -2.09. The quantitative estimate of drug-likeness (QED) is 0.753. The number of benzene rings is 2. The first-order valence-corrected chi connectivity index (χ1v) is 7.89. The second kappa shape index (κ2) is 6.89. The second-order valence-electron chi connectivity index (χ2n) is 5.54. The number of hydrogen-bond donors (Lipinski definition) is 1. The number of pyridine rings is 1. The average Bonchev–Trinajstić information content (AvgIpc) is 2.55. The molecule has 122 valence electrons. The largest absolute Gasteiger partial charge is 0.481 e. The lowest BCUT2D eigenvalue weighted by Gasteiger charge is -2.11. The lowest BCUT2D eigenvalue weighted by atomic mass is 10.0. The number of nitrogens with zero attached hydrogens (tertiary/aromatic N) is 1. The number of carboxylic acids is 1. The van der Waals surface area contributed by atoms with Gasteiger partial charge >= 0.3 is 5.97 Å². The van der Waals surface area contributed by atoms with Crippen molar-refractivity contribution < 1.29 is 14.6 Å². The molecule has 0 aliphatic carbocycles. The summed E-state index contributed by atoms with van der Waals surface area (Å²) in [6, 6.07) is 15.2. The van der Waals surface area contributed by atoms with Crippen molar-refractivity contribution in [2.24, 2.45) is 0 Å². The van der Waals surface area contributed by atoms with Crippen molar-refractivity contribution in [3.05, 3.63) is 70.4 Å². The zero-order valence-electron chi connectivity index (χ0n) is 13.1. The van der Waals surface area contributed by atoms with Gasteiger partial charge in [-0.15, -0.1) is 0 Å². The summed E-state index contributed by atoms with van der Waals surface area (Å²) in [6.07, 6.45) is 0.721. The number of hydrogen-bond acceptors (Lipinski definition) is 3. The summed E-state index contributed by atoms with van der Waals surface area (Å²) >= 11 is 5.93. The van der Waals surface area contributed by atoms with E-state index in [-0.39, 0.29) is 6.61 Å². The molecule has 0 atom stereocenters. The fourth-order valence-corrected chi connectivity index (χ4v) is 2.70. The molecule has 2 aromatic carbocycles. The van der Waals surface area contributed by atoms with Gasteiger partial charge in [-0.25, -0.2) is 4.79 Å². The minimum atomic E-state index is -1.01. The number of aromatic nitrogens is 1. The van der Waals surface area contributed by atoms with E-state index >= 15 is 0 Å². The molecular formula is C19H16ClNO3. The summed E-state index contributed by atoms with van der Waals surface area (Å²) in [4.78, 5) is 15.4. The van der Waals surface area contributed by atoms with Crippen LogP contribution in [0.3, 0.4) is 0 Å². The maximum Gasteiger partial charge on any atom is 0.341 e. The first-order valence-electron chi connectivity index (χ1n) is 7.51. The van der Waals surface area contributed by atoms with Crippen LogP contribution in [-0.2, 0) is 11.2 Å². The van der Waals surface area contributed by atoms with Gasteiger partial charge in [0.25, 0.3) is 0 Å². The van der Waals surface area contributed by atoms with Crippen LogP contribution in [0, 0.1) is 6.92 Å². The number of aliphatic carboxylic acids is 1. The molecule has 5 heteroatoms. The molecule has 0 saturated heterocycles. The van der Waals surface area contributed by atoms with E-state index < -0.39 is 5.97 Å². The Morgan fingerprint density at radius 2 is 1.96 bits per heavy atom. The Morgan fingerprint density at radius 1 is 1.21 bits per heavy atom. The number of aryl methyl sites for hydroxylation is 1. The Kier molecular flexibility index (Phi) is 4.67. The summed E-state index contributed by atoms with van der Waals surface area (Å²) in [5, 5.41) is 10.3. The molecule has 0 radical (unpaired) electrons. The van der Waals surface area contributed by atoms with Gasteiger partial charge in [-0.2, -0.15) is 0 Å². The molecule has 0 aliphatic heterocycles. The Bertz CT molecular complexity index is 891. The van der Waals surface area contributed by atoms with Gasteiger partial charge in [-0.1, -0.05) is 29.8 Å². The molecule has 0 fully saturated rings. The molecule has 0 saturated carbocycles. The highest BCUT2D eigenvalue weighted by Crippen LogP contribution is 2.27. The average molecular weight is 342 g/mol. The fourth-order valence-electron chi connectivity index (χ4n) is 2.57. The van der Waals surface area contributed by atoms with Crippen LogP contribution in [0.2, 0.25) is 5.02 Å². The van der Waals surface area contributed by atoms with Gasteiger partial charge in [0.2, 0.25) is 0 Å². The van der Waals surface area contributed by atoms with Crippen LogP contribution in [0.4, 0.5) is 0 Å². The standard InChI is InChI=1S/C19H16ClNO3/c1-12-14(9-13-5-7-15(20)8-6-13)10-16-17(21-12)3-2-4-18(16)24-11-19(22)23/h2-8,10H,9,11H2,1H3,(H,22,23). The highest BCUT2D eigenvalue weighted by Gasteiger charge is 2.10. The molecule has 4 nitrogen and oxygen atoms in total. The van der Waals surface area contributed by atoms with Gasteiger partial charge in [-0.05, 0) is 54.8 Å². The van der Waals surface area contributed by atoms with Crippen LogP contribution in [0.15, 0.2) is 48.5 Å². The number of ether oxygens (including phenoxy) is 1. The maximum atomic E-state index is 10.7. The molecule has 1 aromatic heterocycles. The monoisotopic (exact) mass is 341 g/mol. The summed E-state index contributed by atoms with van der Waals surface area (Å²) in [5.41, 5.74) is 3.92. The Morgan fingerprint density at radius 3 is 2.67 bits per heavy atom. The van der Waals surface area contributed by atoms with Gasteiger partial charge in [0.05, 0.1) is 5.52 Å². The van der Waals surface area contributed by atoms with Crippen molar-refractivity contribution in [1.82, 2.24) is 4.98 Å². The normalized spacial score (nSPS) is 10.8. The summed E-state index contributed by atoms with van der Waals surface area (Å²) in [7, 11) is 0. The van der Waals surface area contributed by atoms with Gasteiger partial charge in [0.1, 0.15) is 5.75 Å². The van der Waals surface area contributed by atoms with Crippen molar-refractivity contribution in [2.45, 2.75) is 13.3 Å². The smallest absolute Gasteiger partial charge is 0.341 e. The van der Waals surface area contributed by atoms with E-state index in [2.05, 4.69) is 4.98 Å². The molecule has 0 amide bonds. The highest BCUT2D eigenvalue weighted by atomic mass is 35.5. The zero-order valence-corrected chi connectivity index (χ0v) is 13.9. The Hall–Kier alpha value is -2.59. The SMILES string of the molecule is Cc1nc2cccc(OCC(=O)O)c2cc1Cc1ccc(Cl)cc1. The summed E-state index contributed by atoms with van der Waals surface area (Å²) < 4.78 is 5.38. The number of fused-ring (bicyclic) bond motifs is 1. The number of halogens is 1. The lowest BCUT2D eigenvalue weighted by molar-refractivity contribution is -0.139. The zero-order chi connectivity index (χ0) is 17.1. The van der Waals surface area contributed by atoms with Crippen LogP contribution >= 0.6 is 11.6 Å². The summed E-state index contributed by atoms with van der Waals surface area (Å²) in [5.74, 6) is -0.479. The van der Waals surface area contributed by atoms with E-state index in [0.717, 1.165) is 34.1 Å². The van der Waals surface area contributed by atoms with Crippen molar-refractivity contribution in [3.8, 4) is 5.75 Å². The minimum absolute atomic E-state index is 0.375. The van der Waals surface area contributed by atoms with E-state index in [4.69, 9.17) is 21.4 Å². The first kappa shape index (κ1) is 16.3. The van der Waals surface area contributed by atoms with Crippen molar-refractivity contribution in [1.29, 1.82) is 0 Å². The van der Waals surface area contributed by atoms with Crippen LogP contribution in [0.25, 0.3) is 10.9 Å². The molecule has 24 heavy (non-hydrogen) atoms. The molecule has 0 aliphatic rings. The number of carboxylic acid groups (broad SMARTS) is 1. The molecule has 1 N–H and O–H groups in total. The second-order valence-corrected chi connectivity index (χ2v) is 5.98. The van der Waals surface area contributed by atoms with Crippen molar-refractivity contribution in [2.75, 3.05) is 6.61 Å². The topological polar surface area (TPSA) is 59.4 Å². The fraction of sp³-hybridized carbons (Fsp3) is 0.158. The first-order chi connectivity index (χ1) is 11.5. The van der Waals surface area contributed by atoms with Gasteiger partial charge in [0, 0.05) is 16.1 Å². The van der Waals surface area contributed by atoms with Gasteiger partial charge < -0.3 is 9.84 Å². The molecule has 0 unspecified atom stereocenters. The van der Waals surface area contributed by atoms with Crippen LogP contribution in [-0.4, -0.2) is 22.7 Å². The number of rotatable bonds is 5. The predicted octanol–water partition coefficient (Wildman–Crippen LogP) is 4.25. The van der Waals surface area contributed by atoms with Crippen LogP contribution in [0.1, 0.15) is 16.8 Å². The van der Waals surface area contributed by atoms with Gasteiger partial charge in [0.15, 0.2) is 6.61 Å². The van der Waals surface area contributed by atoms with E-state index in [1.807, 2.05) is 49.4 Å². The Balaban J connectivity index is 1.98. The van der Waals surface area contributed by atoms with Crippen LogP contribution in [0.5, 0.6) is 5.75 Å². The van der Waals surface area contributed by atoms with Crippen molar-refractivity contribution >= 4 is 28.5 Å². The van der Waals surface area contributed by atoms with Crippen LogP contribution < -0.4 is 4.74 Å². The third-order valence-corrected chi connectivity index (χ3v) is 4.03. The molecule has 0 spiro atoms. The number of carbonyl (C=O) groups is 1. The molecule has 3 rings (SSSR count). The molecular weight excluding hydrogens is 326 g/mol. The predicted molar refractivity (Wildman–Crippen MR) is 93.9 cm³/mol. The van der Waals surface area contributed by atoms with E-state index in [0.29, 0.717) is 10.8 Å². The third-order valence-electron chi connectivity index (χ3n) is 3.77. The van der Waals surface area contributed by atoms with Crippen molar-refractivity contribution in [3.63, 3.8) is 0 Å². The van der Waals surface area contributed by atoms with Gasteiger partial charge in [-0.3, -0.25) is 4.98 Å². The van der Waals surface area contributed by atoms with E-state index in [9.17, 15) is 4.79 Å².